The Kier molecular flexibility index (Phi) is 7.06. The highest BCUT2D eigenvalue weighted by Gasteiger charge is 2.23. The predicted molar refractivity (Wildman–Crippen MR) is 103 cm³/mol. The average Bonchev–Trinajstić information content (AvgIpc) is 3.10. The van der Waals surface area contributed by atoms with E-state index in [4.69, 9.17) is 4.74 Å². The molecule has 3 rings (SSSR count). The first-order valence-corrected chi connectivity index (χ1v) is 9.81. The van der Waals surface area contributed by atoms with E-state index in [2.05, 4.69) is 5.32 Å². The number of nitrogens with one attached hydrogen (secondary N) is 1. The zero-order chi connectivity index (χ0) is 19.1. The minimum absolute atomic E-state index is 0.0103. The number of anilines is 1. The summed E-state index contributed by atoms with van der Waals surface area (Å²) in [6.07, 6.45) is 4.44. The largest absolute Gasteiger partial charge is 0.396 e. The van der Waals surface area contributed by atoms with Crippen molar-refractivity contribution in [1.29, 1.82) is 0 Å². The monoisotopic (exact) mass is 375 g/mol. The van der Waals surface area contributed by atoms with E-state index < -0.39 is 0 Å². The van der Waals surface area contributed by atoms with Gasteiger partial charge in [-0.05, 0) is 31.0 Å². The third kappa shape index (κ3) is 5.43. The summed E-state index contributed by atoms with van der Waals surface area (Å²) >= 11 is 0. The molecule has 0 spiro atoms. The van der Waals surface area contributed by atoms with Gasteiger partial charge in [0.2, 0.25) is 0 Å². The van der Waals surface area contributed by atoms with E-state index in [1.807, 2.05) is 4.90 Å². The van der Waals surface area contributed by atoms with Gasteiger partial charge in [-0.15, -0.1) is 0 Å². The number of rotatable bonds is 3. The van der Waals surface area contributed by atoms with Crippen molar-refractivity contribution in [1.82, 2.24) is 9.80 Å². The quantitative estimate of drug-likeness (QED) is 0.848. The molecule has 1 atom stereocenters. The fraction of sp³-hybridized carbons (Fsp3) is 0.600. The van der Waals surface area contributed by atoms with Crippen LogP contribution in [0.1, 0.15) is 36.0 Å². The molecule has 0 bridgehead atoms. The number of carbonyl (C=O) groups excluding carboxylic acids is 2. The number of benzene rings is 1. The van der Waals surface area contributed by atoms with Gasteiger partial charge < -0.3 is 25.0 Å². The maximum atomic E-state index is 12.8. The number of likely N-dealkylation sites (tertiary alicyclic amines) is 1. The lowest BCUT2D eigenvalue weighted by molar-refractivity contribution is 0.0761. The van der Waals surface area contributed by atoms with Crippen molar-refractivity contribution in [3.8, 4) is 0 Å². The molecule has 0 radical (unpaired) electrons. The third-order valence-corrected chi connectivity index (χ3v) is 5.14. The minimum atomic E-state index is -0.238. The third-order valence-electron chi connectivity index (χ3n) is 5.14. The predicted octanol–water partition coefficient (Wildman–Crippen LogP) is 2.18. The smallest absolute Gasteiger partial charge is 0.321 e. The Morgan fingerprint density at radius 3 is 2.63 bits per heavy atom. The average molecular weight is 375 g/mol. The van der Waals surface area contributed by atoms with Crippen LogP contribution < -0.4 is 5.32 Å². The van der Waals surface area contributed by atoms with E-state index in [-0.39, 0.29) is 24.5 Å². The first-order chi connectivity index (χ1) is 13.2. The van der Waals surface area contributed by atoms with Gasteiger partial charge in [-0.3, -0.25) is 4.79 Å². The molecule has 0 saturated carbocycles. The van der Waals surface area contributed by atoms with Crippen molar-refractivity contribution in [2.45, 2.75) is 25.7 Å². The van der Waals surface area contributed by atoms with E-state index >= 15 is 0 Å². The molecule has 0 aliphatic carbocycles. The van der Waals surface area contributed by atoms with Crippen molar-refractivity contribution in [2.24, 2.45) is 5.92 Å². The van der Waals surface area contributed by atoms with Crippen LogP contribution in [0.25, 0.3) is 0 Å². The summed E-state index contributed by atoms with van der Waals surface area (Å²) in [5.41, 5.74) is 1.20. The lowest BCUT2D eigenvalue weighted by Gasteiger charge is -2.23. The summed E-state index contributed by atoms with van der Waals surface area (Å²) in [6, 6.07) is 6.88. The number of hydrogen-bond acceptors (Lipinski definition) is 4. The molecule has 7 nitrogen and oxygen atoms in total. The van der Waals surface area contributed by atoms with Gasteiger partial charge in [-0.25, -0.2) is 4.79 Å². The van der Waals surface area contributed by atoms with Gasteiger partial charge in [0.25, 0.3) is 5.91 Å². The van der Waals surface area contributed by atoms with Crippen LogP contribution in [-0.2, 0) is 4.74 Å². The molecule has 0 aromatic heterocycles. The van der Waals surface area contributed by atoms with Crippen molar-refractivity contribution in [3.63, 3.8) is 0 Å². The molecular formula is C20H29N3O4. The topological polar surface area (TPSA) is 82.1 Å². The van der Waals surface area contributed by atoms with Gasteiger partial charge >= 0.3 is 6.03 Å². The summed E-state index contributed by atoms with van der Waals surface area (Å²) in [4.78, 5) is 28.9. The molecule has 1 aromatic carbocycles. The molecule has 7 heteroatoms. The van der Waals surface area contributed by atoms with Gasteiger partial charge in [-0.1, -0.05) is 18.9 Å². The standard InChI is InChI=1S/C20H29N3O4/c24-14-16-13-23(10-11-27-15-16)20(26)21-18-7-5-6-17(12-18)19(25)22-8-3-1-2-4-9-22/h5-7,12,16,24H,1-4,8-11,13-15H2,(H,21,26)/t16-/m1/s1. The fourth-order valence-corrected chi connectivity index (χ4v) is 3.56. The van der Waals surface area contributed by atoms with Crippen LogP contribution in [0.3, 0.4) is 0 Å². The Morgan fingerprint density at radius 2 is 1.89 bits per heavy atom. The second kappa shape index (κ2) is 9.71. The molecule has 2 fully saturated rings. The molecule has 2 aliphatic heterocycles. The summed E-state index contributed by atoms with van der Waals surface area (Å²) in [5, 5.41) is 12.2. The first-order valence-electron chi connectivity index (χ1n) is 9.81. The highest BCUT2D eigenvalue weighted by atomic mass is 16.5. The highest BCUT2D eigenvalue weighted by Crippen LogP contribution is 2.17. The number of aliphatic hydroxyl groups excluding tert-OH is 1. The van der Waals surface area contributed by atoms with Crippen LogP contribution in [0.4, 0.5) is 10.5 Å². The fourth-order valence-electron chi connectivity index (χ4n) is 3.56. The summed E-state index contributed by atoms with van der Waals surface area (Å²) in [5.74, 6) is -0.0503. The summed E-state index contributed by atoms with van der Waals surface area (Å²) in [7, 11) is 0. The second-order valence-electron chi connectivity index (χ2n) is 7.29. The van der Waals surface area contributed by atoms with Crippen molar-refractivity contribution in [3.05, 3.63) is 29.8 Å². The van der Waals surface area contributed by atoms with Crippen LogP contribution in [0.5, 0.6) is 0 Å². The Labute approximate surface area is 160 Å². The summed E-state index contributed by atoms with van der Waals surface area (Å²) < 4.78 is 5.42. The van der Waals surface area contributed by atoms with Crippen LogP contribution >= 0.6 is 0 Å². The molecule has 27 heavy (non-hydrogen) atoms. The molecule has 3 amide bonds. The highest BCUT2D eigenvalue weighted by molar-refractivity contribution is 5.97. The Bertz CT molecular complexity index is 644. The molecule has 1 aromatic rings. The van der Waals surface area contributed by atoms with E-state index in [9.17, 15) is 14.7 Å². The number of ether oxygens (including phenoxy) is 1. The van der Waals surface area contributed by atoms with Crippen molar-refractivity contribution < 1.29 is 19.4 Å². The van der Waals surface area contributed by atoms with E-state index in [1.54, 1.807) is 29.2 Å². The maximum absolute atomic E-state index is 12.8. The molecule has 2 saturated heterocycles. The van der Waals surface area contributed by atoms with Crippen molar-refractivity contribution >= 4 is 17.6 Å². The molecule has 2 aliphatic rings. The SMILES string of the molecule is O=C(Nc1cccc(C(=O)N2CCCCCC2)c1)N1CCOC[C@@H](CO)C1. The van der Waals surface area contributed by atoms with Crippen LogP contribution in [0.15, 0.2) is 24.3 Å². The molecule has 148 valence electrons. The Morgan fingerprint density at radius 1 is 1.11 bits per heavy atom. The lowest BCUT2D eigenvalue weighted by atomic mass is 10.1. The molecule has 2 N–H and O–H groups in total. The number of urea groups is 1. The minimum Gasteiger partial charge on any atom is -0.396 e. The van der Waals surface area contributed by atoms with Crippen LogP contribution in [-0.4, -0.2) is 72.8 Å². The Hall–Kier alpha value is -2.12. The zero-order valence-electron chi connectivity index (χ0n) is 15.7. The van der Waals surface area contributed by atoms with E-state index in [0.29, 0.717) is 37.6 Å². The van der Waals surface area contributed by atoms with Gasteiger partial charge in [0.15, 0.2) is 0 Å². The van der Waals surface area contributed by atoms with Gasteiger partial charge in [-0.2, -0.15) is 0 Å². The number of carbonyl (C=O) groups is 2. The number of nitrogens with zero attached hydrogens (tertiary/aromatic N) is 2. The zero-order valence-corrected chi connectivity index (χ0v) is 15.7. The molecule has 0 unspecified atom stereocenters. The van der Waals surface area contributed by atoms with E-state index in [0.717, 1.165) is 25.9 Å². The lowest BCUT2D eigenvalue weighted by Crippen LogP contribution is -2.39. The normalized spacial score (nSPS) is 21.3. The number of aliphatic hydroxyl groups is 1. The van der Waals surface area contributed by atoms with Gasteiger partial charge in [0.05, 0.1) is 13.2 Å². The van der Waals surface area contributed by atoms with Crippen molar-refractivity contribution in [2.75, 3.05) is 51.3 Å². The second-order valence-corrected chi connectivity index (χ2v) is 7.29. The number of hydrogen-bond donors (Lipinski definition) is 2. The van der Waals surface area contributed by atoms with Gasteiger partial charge in [0.1, 0.15) is 0 Å². The van der Waals surface area contributed by atoms with Crippen LogP contribution in [0, 0.1) is 5.92 Å². The Balaban J connectivity index is 1.64. The van der Waals surface area contributed by atoms with Gasteiger partial charge in [0, 0.05) is 50.0 Å². The first kappa shape index (κ1) is 19.6. The number of amides is 3. The molecular weight excluding hydrogens is 346 g/mol. The molecule has 2 heterocycles. The van der Waals surface area contributed by atoms with E-state index in [1.165, 1.54) is 12.8 Å². The maximum Gasteiger partial charge on any atom is 0.321 e. The summed E-state index contributed by atoms with van der Waals surface area (Å²) in [6.45, 7) is 3.43. The van der Waals surface area contributed by atoms with Crippen LogP contribution in [0.2, 0.25) is 0 Å².